The monoisotopic (exact) mass is 206 g/mol. The van der Waals surface area contributed by atoms with Crippen molar-refractivity contribution in [3.8, 4) is 0 Å². The Hall–Kier alpha value is -1.96. The van der Waals surface area contributed by atoms with E-state index in [2.05, 4.69) is 34.3 Å². The van der Waals surface area contributed by atoms with Gasteiger partial charge < -0.3 is 0 Å². The molecule has 4 rings (SSSR count). The highest BCUT2D eigenvalue weighted by Crippen LogP contribution is 2.41. The topological polar surface area (TPSA) is 24.7 Å². The normalized spacial score (nSPS) is 26.2. The fourth-order valence-electron chi connectivity index (χ4n) is 2.69. The Kier molecular flexibility index (Phi) is 1.43. The van der Waals surface area contributed by atoms with Crippen LogP contribution in [0.5, 0.6) is 0 Å². The molecular formula is C14H10N2. The second-order valence-electron chi connectivity index (χ2n) is 4.36. The summed E-state index contributed by atoms with van der Waals surface area (Å²) in [4.78, 5) is 8.90. The summed E-state index contributed by atoms with van der Waals surface area (Å²) in [6.45, 7) is 0. The first-order valence-electron chi connectivity index (χ1n) is 5.53. The van der Waals surface area contributed by atoms with Gasteiger partial charge in [0.15, 0.2) is 0 Å². The maximum atomic E-state index is 4.68. The zero-order valence-electron chi connectivity index (χ0n) is 8.77. The number of fused-ring (bicyclic) bond motifs is 1. The fourth-order valence-corrected chi connectivity index (χ4v) is 2.69. The van der Waals surface area contributed by atoms with Crippen LogP contribution >= 0.6 is 0 Å². The molecule has 1 aliphatic carbocycles. The lowest BCUT2D eigenvalue weighted by atomic mass is 9.94. The average Bonchev–Trinajstić information content (AvgIpc) is 2.57. The highest BCUT2D eigenvalue weighted by molar-refractivity contribution is 6.07. The molecule has 1 aromatic carbocycles. The molecule has 2 nitrogen and oxygen atoms in total. The summed E-state index contributed by atoms with van der Waals surface area (Å²) in [7, 11) is 0. The number of aliphatic imine (C=N–C) groups is 2. The van der Waals surface area contributed by atoms with Gasteiger partial charge in [0.2, 0.25) is 0 Å². The Morgan fingerprint density at radius 2 is 2.12 bits per heavy atom. The van der Waals surface area contributed by atoms with Crippen LogP contribution in [0.4, 0.5) is 5.69 Å². The van der Waals surface area contributed by atoms with Crippen LogP contribution in [-0.4, -0.2) is 11.9 Å². The quantitative estimate of drug-likeness (QED) is 0.623. The number of nitrogens with zero attached hydrogens (tertiary/aromatic N) is 2. The first-order chi connectivity index (χ1) is 7.92. The van der Waals surface area contributed by atoms with Crippen molar-refractivity contribution in [3.63, 3.8) is 0 Å². The van der Waals surface area contributed by atoms with E-state index in [0.717, 1.165) is 18.5 Å². The lowest BCUT2D eigenvalue weighted by Gasteiger charge is -2.13. The van der Waals surface area contributed by atoms with Crippen LogP contribution in [0.25, 0.3) is 11.6 Å². The van der Waals surface area contributed by atoms with Gasteiger partial charge in [-0.3, -0.25) is 9.98 Å². The summed E-state index contributed by atoms with van der Waals surface area (Å²) in [6.07, 6.45) is 9.94. The summed E-state index contributed by atoms with van der Waals surface area (Å²) >= 11 is 0. The molecule has 0 amide bonds. The Balaban J connectivity index is 2.16. The minimum Gasteiger partial charge on any atom is -0.265 e. The van der Waals surface area contributed by atoms with Gasteiger partial charge in [0, 0.05) is 31.0 Å². The first kappa shape index (κ1) is 8.22. The van der Waals surface area contributed by atoms with Gasteiger partial charge in [0.05, 0.1) is 5.69 Å². The van der Waals surface area contributed by atoms with Crippen molar-refractivity contribution in [1.29, 1.82) is 0 Å². The minimum absolute atomic E-state index is 0.968. The molecule has 1 aromatic rings. The van der Waals surface area contributed by atoms with Gasteiger partial charge in [-0.05, 0) is 40.5 Å². The highest BCUT2D eigenvalue weighted by Gasteiger charge is 2.25. The predicted octanol–water partition coefficient (Wildman–Crippen LogP) is 3.16. The Labute approximate surface area is 93.7 Å². The number of benzene rings is 1. The van der Waals surface area contributed by atoms with Crippen molar-refractivity contribution in [2.24, 2.45) is 9.98 Å². The van der Waals surface area contributed by atoms with Crippen LogP contribution < -0.4 is 0 Å². The number of hydrogen-bond acceptors (Lipinski definition) is 2. The van der Waals surface area contributed by atoms with Crippen molar-refractivity contribution in [2.75, 3.05) is 0 Å². The van der Waals surface area contributed by atoms with E-state index in [-0.39, 0.29) is 0 Å². The maximum absolute atomic E-state index is 4.68. The Morgan fingerprint density at radius 3 is 3.12 bits per heavy atom. The summed E-state index contributed by atoms with van der Waals surface area (Å²) in [5.41, 5.74) is 7.83. The van der Waals surface area contributed by atoms with Crippen molar-refractivity contribution < 1.29 is 0 Å². The molecule has 0 saturated heterocycles. The second-order valence-corrected chi connectivity index (χ2v) is 4.36. The minimum atomic E-state index is 0.968. The molecule has 0 fully saturated rings. The smallest absolute Gasteiger partial charge is 0.0671 e. The largest absolute Gasteiger partial charge is 0.265 e. The van der Waals surface area contributed by atoms with Crippen LogP contribution in [0.15, 0.2) is 34.4 Å². The van der Waals surface area contributed by atoms with E-state index in [1.807, 2.05) is 12.4 Å². The molecule has 2 heteroatoms. The third-order valence-corrected chi connectivity index (χ3v) is 3.42. The third-order valence-electron chi connectivity index (χ3n) is 3.42. The fraction of sp³-hybridized carbons (Fsp3) is 0.143. The number of hydrogen-bond donors (Lipinski definition) is 0. The molecule has 0 radical (unpaired) electrons. The molecule has 3 aliphatic rings. The van der Waals surface area contributed by atoms with E-state index < -0.39 is 0 Å². The second kappa shape index (κ2) is 2.79. The van der Waals surface area contributed by atoms with Gasteiger partial charge in [-0.1, -0.05) is 6.07 Å². The molecule has 16 heavy (non-hydrogen) atoms. The average molecular weight is 206 g/mol. The Morgan fingerprint density at radius 1 is 1.12 bits per heavy atom. The lowest BCUT2D eigenvalue weighted by molar-refractivity contribution is 1.37. The highest BCUT2D eigenvalue weighted by atomic mass is 14.8. The van der Waals surface area contributed by atoms with Crippen LogP contribution in [0.3, 0.4) is 0 Å². The molecule has 0 saturated carbocycles. The van der Waals surface area contributed by atoms with E-state index >= 15 is 0 Å². The van der Waals surface area contributed by atoms with Crippen LogP contribution in [0, 0.1) is 0 Å². The third kappa shape index (κ3) is 0.963. The van der Waals surface area contributed by atoms with Gasteiger partial charge >= 0.3 is 0 Å². The standard InChI is InChI=1S/C14H10N2/c1-2-14-13-8-10(16-14)7-9-3-5-15-6-4-12(13)11(1)9/h1-6H,7-8H2/b5-3?,6-4-,9-3-,12-4?,15-5-,15-6?. The van der Waals surface area contributed by atoms with E-state index in [1.54, 1.807) is 0 Å². The maximum Gasteiger partial charge on any atom is 0.0671 e. The van der Waals surface area contributed by atoms with Crippen LogP contribution in [-0.2, 0) is 6.42 Å². The molecule has 5 bridgehead atoms. The molecule has 0 unspecified atom stereocenters. The van der Waals surface area contributed by atoms with E-state index in [4.69, 9.17) is 0 Å². The van der Waals surface area contributed by atoms with Gasteiger partial charge in [-0.25, -0.2) is 0 Å². The van der Waals surface area contributed by atoms with Crippen molar-refractivity contribution >= 4 is 29.3 Å². The molecular weight excluding hydrogens is 196 g/mol. The lowest BCUT2D eigenvalue weighted by Crippen LogP contribution is -1.97. The van der Waals surface area contributed by atoms with Gasteiger partial charge in [-0.15, -0.1) is 0 Å². The van der Waals surface area contributed by atoms with Crippen LogP contribution in [0.2, 0.25) is 0 Å². The summed E-state index contributed by atoms with van der Waals surface area (Å²) in [5, 5.41) is 0. The van der Waals surface area contributed by atoms with Gasteiger partial charge in [0.25, 0.3) is 0 Å². The van der Waals surface area contributed by atoms with Crippen LogP contribution in [0.1, 0.15) is 23.1 Å². The molecule has 76 valence electrons. The molecule has 0 aromatic heterocycles. The van der Waals surface area contributed by atoms with Crippen molar-refractivity contribution in [2.45, 2.75) is 12.8 Å². The van der Waals surface area contributed by atoms with E-state index in [1.165, 1.54) is 28.0 Å². The number of allylic oxidation sites excluding steroid dienone is 2. The predicted molar refractivity (Wildman–Crippen MR) is 67.4 cm³/mol. The summed E-state index contributed by atoms with van der Waals surface area (Å²) in [5.74, 6) is 0. The number of rotatable bonds is 0. The summed E-state index contributed by atoms with van der Waals surface area (Å²) < 4.78 is 0. The zero-order chi connectivity index (χ0) is 10.5. The van der Waals surface area contributed by atoms with E-state index in [9.17, 15) is 0 Å². The molecule has 2 aliphatic heterocycles. The van der Waals surface area contributed by atoms with Gasteiger partial charge in [-0.2, -0.15) is 0 Å². The molecule has 0 atom stereocenters. The van der Waals surface area contributed by atoms with Crippen molar-refractivity contribution in [3.05, 3.63) is 41.1 Å². The van der Waals surface area contributed by atoms with E-state index in [0.29, 0.717) is 0 Å². The van der Waals surface area contributed by atoms with Crippen molar-refractivity contribution in [1.82, 2.24) is 0 Å². The first-order valence-corrected chi connectivity index (χ1v) is 5.53. The van der Waals surface area contributed by atoms with Gasteiger partial charge in [0.1, 0.15) is 0 Å². The molecule has 2 heterocycles. The SMILES string of the molecule is C1=C/c2c3ccc4c2CC(=N4)C/C3=C/C=N\1. The Bertz CT molecular complexity index is 616. The summed E-state index contributed by atoms with van der Waals surface area (Å²) in [6, 6.07) is 4.33. The zero-order valence-corrected chi connectivity index (χ0v) is 8.77. The molecule has 0 N–H and O–H groups in total. The molecule has 0 spiro atoms.